The lowest BCUT2D eigenvalue weighted by molar-refractivity contribution is 0.0841. The SMILES string of the molecule is CCNC(CC)C(C)N(C)C1CCC(C)(C)CC1. The van der Waals surface area contributed by atoms with Crippen LogP contribution in [-0.4, -0.2) is 36.6 Å². The Morgan fingerprint density at radius 1 is 1.22 bits per heavy atom. The Morgan fingerprint density at radius 3 is 2.22 bits per heavy atom. The van der Waals surface area contributed by atoms with E-state index in [1.807, 2.05) is 0 Å². The van der Waals surface area contributed by atoms with Gasteiger partial charge in [-0.05, 0) is 58.0 Å². The molecule has 0 amide bonds. The quantitative estimate of drug-likeness (QED) is 0.778. The van der Waals surface area contributed by atoms with Crippen molar-refractivity contribution in [3.8, 4) is 0 Å². The predicted octanol–water partition coefficient (Wildman–Crippen LogP) is 3.66. The Kier molecular flexibility index (Phi) is 6.13. The van der Waals surface area contributed by atoms with E-state index in [0.29, 0.717) is 17.5 Å². The zero-order chi connectivity index (χ0) is 13.8. The van der Waals surface area contributed by atoms with E-state index in [1.165, 1.54) is 32.1 Å². The summed E-state index contributed by atoms with van der Waals surface area (Å²) in [6, 6.07) is 2.07. The standard InChI is InChI=1S/C16H34N2/c1-7-15(17-8-2)13(3)18(6)14-9-11-16(4,5)12-10-14/h13-15,17H,7-12H2,1-6H3. The minimum atomic E-state index is 0.576. The van der Waals surface area contributed by atoms with E-state index in [-0.39, 0.29) is 0 Å². The highest BCUT2D eigenvalue weighted by atomic mass is 15.2. The van der Waals surface area contributed by atoms with Crippen LogP contribution in [0.25, 0.3) is 0 Å². The lowest BCUT2D eigenvalue weighted by Gasteiger charge is -2.43. The van der Waals surface area contributed by atoms with Crippen molar-refractivity contribution in [2.45, 2.75) is 84.8 Å². The molecule has 18 heavy (non-hydrogen) atoms. The summed E-state index contributed by atoms with van der Waals surface area (Å²) < 4.78 is 0. The monoisotopic (exact) mass is 254 g/mol. The Balaban J connectivity index is 2.50. The molecule has 1 rings (SSSR count). The molecule has 108 valence electrons. The van der Waals surface area contributed by atoms with Crippen LogP contribution in [0, 0.1) is 5.41 Å². The van der Waals surface area contributed by atoms with Gasteiger partial charge in [-0.2, -0.15) is 0 Å². The van der Waals surface area contributed by atoms with Crippen molar-refractivity contribution in [1.82, 2.24) is 10.2 Å². The molecular formula is C16H34N2. The van der Waals surface area contributed by atoms with Gasteiger partial charge in [0.25, 0.3) is 0 Å². The fourth-order valence-corrected chi connectivity index (χ4v) is 3.33. The first-order valence-electron chi connectivity index (χ1n) is 7.86. The average molecular weight is 254 g/mol. The van der Waals surface area contributed by atoms with Crippen molar-refractivity contribution < 1.29 is 0 Å². The highest BCUT2D eigenvalue weighted by Gasteiger charge is 2.31. The van der Waals surface area contributed by atoms with E-state index in [4.69, 9.17) is 0 Å². The number of likely N-dealkylation sites (N-methyl/N-ethyl adjacent to an activating group) is 2. The summed E-state index contributed by atoms with van der Waals surface area (Å²) in [5, 5.41) is 3.63. The fraction of sp³-hybridized carbons (Fsp3) is 1.00. The third kappa shape index (κ3) is 4.24. The van der Waals surface area contributed by atoms with Crippen molar-refractivity contribution in [2.75, 3.05) is 13.6 Å². The van der Waals surface area contributed by atoms with Crippen LogP contribution in [0.15, 0.2) is 0 Å². The van der Waals surface area contributed by atoms with E-state index >= 15 is 0 Å². The maximum absolute atomic E-state index is 3.63. The predicted molar refractivity (Wildman–Crippen MR) is 81.0 cm³/mol. The van der Waals surface area contributed by atoms with E-state index in [2.05, 4.69) is 51.9 Å². The molecule has 0 bridgehead atoms. The van der Waals surface area contributed by atoms with E-state index in [9.17, 15) is 0 Å². The molecule has 0 aromatic heterocycles. The summed E-state index contributed by atoms with van der Waals surface area (Å²) in [4.78, 5) is 2.63. The molecular weight excluding hydrogens is 220 g/mol. The molecule has 0 spiro atoms. The molecule has 0 aromatic rings. The summed E-state index contributed by atoms with van der Waals surface area (Å²) in [5.74, 6) is 0. The second-order valence-electron chi connectivity index (χ2n) is 6.87. The minimum absolute atomic E-state index is 0.576. The molecule has 0 aliphatic heterocycles. The van der Waals surface area contributed by atoms with Crippen LogP contribution in [0.5, 0.6) is 0 Å². The number of hydrogen-bond acceptors (Lipinski definition) is 2. The van der Waals surface area contributed by atoms with Crippen molar-refractivity contribution in [1.29, 1.82) is 0 Å². The summed E-state index contributed by atoms with van der Waals surface area (Å²) in [6.45, 7) is 12.8. The Labute approximate surface area is 115 Å². The van der Waals surface area contributed by atoms with Gasteiger partial charge in [-0.15, -0.1) is 0 Å². The van der Waals surface area contributed by atoms with Gasteiger partial charge in [0.1, 0.15) is 0 Å². The molecule has 0 radical (unpaired) electrons. The molecule has 1 aliphatic rings. The summed E-state index contributed by atoms with van der Waals surface area (Å²) in [7, 11) is 2.33. The van der Waals surface area contributed by atoms with Gasteiger partial charge in [0.2, 0.25) is 0 Å². The van der Waals surface area contributed by atoms with Crippen LogP contribution in [0.4, 0.5) is 0 Å². The Bertz CT molecular complexity index is 227. The van der Waals surface area contributed by atoms with Gasteiger partial charge in [-0.1, -0.05) is 27.7 Å². The van der Waals surface area contributed by atoms with Crippen LogP contribution in [0.3, 0.4) is 0 Å². The maximum Gasteiger partial charge on any atom is 0.0220 e. The molecule has 2 unspecified atom stereocenters. The molecule has 2 heteroatoms. The molecule has 1 saturated carbocycles. The van der Waals surface area contributed by atoms with Gasteiger partial charge >= 0.3 is 0 Å². The van der Waals surface area contributed by atoms with Gasteiger partial charge < -0.3 is 5.32 Å². The van der Waals surface area contributed by atoms with E-state index in [1.54, 1.807) is 0 Å². The average Bonchev–Trinajstić information content (AvgIpc) is 2.34. The largest absolute Gasteiger partial charge is 0.313 e. The number of nitrogens with one attached hydrogen (secondary N) is 1. The second-order valence-corrected chi connectivity index (χ2v) is 6.87. The third-order valence-corrected chi connectivity index (χ3v) is 5.02. The zero-order valence-electron chi connectivity index (χ0n) is 13.4. The van der Waals surface area contributed by atoms with Crippen molar-refractivity contribution in [3.05, 3.63) is 0 Å². The number of nitrogens with zero attached hydrogens (tertiary/aromatic N) is 1. The van der Waals surface area contributed by atoms with Crippen LogP contribution in [0.2, 0.25) is 0 Å². The molecule has 2 nitrogen and oxygen atoms in total. The van der Waals surface area contributed by atoms with E-state index < -0.39 is 0 Å². The first-order chi connectivity index (χ1) is 8.41. The highest BCUT2D eigenvalue weighted by Crippen LogP contribution is 2.37. The van der Waals surface area contributed by atoms with Gasteiger partial charge in [-0.3, -0.25) is 4.90 Å². The zero-order valence-corrected chi connectivity index (χ0v) is 13.4. The lowest BCUT2D eigenvalue weighted by Crippen LogP contribution is -2.51. The Morgan fingerprint density at radius 2 is 1.78 bits per heavy atom. The van der Waals surface area contributed by atoms with Gasteiger partial charge in [0, 0.05) is 18.1 Å². The van der Waals surface area contributed by atoms with Crippen molar-refractivity contribution >= 4 is 0 Å². The van der Waals surface area contributed by atoms with Crippen molar-refractivity contribution in [2.24, 2.45) is 5.41 Å². The fourth-order valence-electron chi connectivity index (χ4n) is 3.33. The van der Waals surface area contributed by atoms with Gasteiger partial charge in [0.05, 0.1) is 0 Å². The third-order valence-electron chi connectivity index (χ3n) is 5.02. The van der Waals surface area contributed by atoms with Gasteiger partial charge in [-0.25, -0.2) is 0 Å². The number of hydrogen-bond donors (Lipinski definition) is 1. The Hall–Kier alpha value is -0.0800. The molecule has 0 saturated heterocycles. The van der Waals surface area contributed by atoms with Crippen LogP contribution < -0.4 is 5.32 Å². The molecule has 0 heterocycles. The van der Waals surface area contributed by atoms with Crippen LogP contribution >= 0.6 is 0 Å². The van der Waals surface area contributed by atoms with Crippen LogP contribution in [-0.2, 0) is 0 Å². The molecule has 1 aliphatic carbocycles. The molecule has 1 N–H and O–H groups in total. The van der Waals surface area contributed by atoms with Crippen molar-refractivity contribution in [3.63, 3.8) is 0 Å². The molecule has 1 fully saturated rings. The molecule has 0 aromatic carbocycles. The molecule has 2 atom stereocenters. The number of rotatable bonds is 6. The normalized spacial score (nSPS) is 24.2. The van der Waals surface area contributed by atoms with Gasteiger partial charge in [0.15, 0.2) is 0 Å². The van der Waals surface area contributed by atoms with E-state index in [0.717, 1.165) is 12.6 Å². The van der Waals surface area contributed by atoms with Crippen LogP contribution in [0.1, 0.15) is 66.7 Å². The lowest BCUT2D eigenvalue weighted by atomic mass is 9.75. The highest BCUT2D eigenvalue weighted by molar-refractivity contribution is 4.87. The summed E-state index contributed by atoms with van der Waals surface area (Å²) >= 11 is 0. The minimum Gasteiger partial charge on any atom is -0.313 e. The first-order valence-corrected chi connectivity index (χ1v) is 7.86. The first kappa shape index (κ1) is 16.0. The summed E-state index contributed by atoms with van der Waals surface area (Å²) in [5.41, 5.74) is 0.576. The smallest absolute Gasteiger partial charge is 0.0220 e. The summed E-state index contributed by atoms with van der Waals surface area (Å²) in [6.07, 6.45) is 6.73. The second kappa shape index (κ2) is 6.91. The topological polar surface area (TPSA) is 15.3 Å². The maximum atomic E-state index is 3.63.